The standard InChI is InChI=1S/C21H27FN4O2/c1-3-12-25(13-4-2)21(28)18-17-11-7-8-14-26(17)19(24-18)20(27)23-16-10-6-5-9-15(16)22/h5-6,9-10H,3-4,7-8,11-14H2,1-2H3,(H,23,27). The zero-order valence-electron chi connectivity index (χ0n) is 16.5. The van der Waals surface area contributed by atoms with Crippen molar-refractivity contribution in [2.45, 2.75) is 52.5 Å². The van der Waals surface area contributed by atoms with Gasteiger partial charge in [-0.25, -0.2) is 9.37 Å². The number of rotatable bonds is 7. The summed E-state index contributed by atoms with van der Waals surface area (Å²) in [4.78, 5) is 32.2. The lowest BCUT2D eigenvalue weighted by Crippen LogP contribution is -2.33. The van der Waals surface area contributed by atoms with Crippen molar-refractivity contribution in [2.24, 2.45) is 0 Å². The Morgan fingerprint density at radius 3 is 2.57 bits per heavy atom. The number of amides is 2. The fourth-order valence-electron chi connectivity index (χ4n) is 3.63. The van der Waals surface area contributed by atoms with Crippen molar-refractivity contribution in [1.29, 1.82) is 0 Å². The molecule has 7 heteroatoms. The van der Waals surface area contributed by atoms with Crippen molar-refractivity contribution in [2.75, 3.05) is 18.4 Å². The molecule has 1 aliphatic rings. The largest absolute Gasteiger partial charge is 0.337 e. The molecule has 1 aliphatic heterocycles. The highest BCUT2D eigenvalue weighted by molar-refractivity contribution is 6.03. The van der Waals surface area contributed by atoms with Gasteiger partial charge in [0.1, 0.15) is 11.5 Å². The van der Waals surface area contributed by atoms with Gasteiger partial charge in [-0.1, -0.05) is 26.0 Å². The number of nitrogens with zero attached hydrogens (tertiary/aromatic N) is 3. The summed E-state index contributed by atoms with van der Waals surface area (Å²) >= 11 is 0. The molecule has 1 aromatic heterocycles. The molecule has 3 rings (SSSR count). The molecule has 1 N–H and O–H groups in total. The van der Waals surface area contributed by atoms with E-state index in [4.69, 9.17) is 0 Å². The molecule has 150 valence electrons. The van der Waals surface area contributed by atoms with Gasteiger partial charge in [0, 0.05) is 19.6 Å². The van der Waals surface area contributed by atoms with Gasteiger partial charge in [-0.2, -0.15) is 0 Å². The van der Waals surface area contributed by atoms with Crippen molar-refractivity contribution in [3.63, 3.8) is 0 Å². The Kier molecular flexibility index (Phi) is 6.44. The number of aromatic nitrogens is 2. The van der Waals surface area contributed by atoms with Crippen LogP contribution in [0.4, 0.5) is 10.1 Å². The van der Waals surface area contributed by atoms with E-state index in [9.17, 15) is 14.0 Å². The van der Waals surface area contributed by atoms with Crippen LogP contribution in [0.2, 0.25) is 0 Å². The Balaban J connectivity index is 1.93. The van der Waals surface area contributed by atoms with Gasteiger partial charge in [0.05, 0.1) is 11.4 Å². The maximum absolute atomic E-state index is 13.9. The molecule has 0 saturated heterocycles. The fraction of sp³-hybridized carbons (Fsp3) is 0.476. The number of halogens is 1. The quantitative estimate of drug-likeness (QED) is 0.785. The van der Waals surface area contributed by atoms with Crippen molar-refractivity contribution in [1.82, 2.24) is 14.5 Å². The molecule has 0 atom stereocenters. The first-order chi connectivity index (χ1) is 13.6. The Labute approximate surface area is 164 Å². The van der Waals surface area contributed by atoms with E-state index >= 15 is 0 Å². The van der Waals surface area contributed by atoms with E-state index in [0.29, 0.717) is 31.7 Å². The van der Waals surface area contributed by atoms with E-state index in [0.717, 1.165) is 31.4 Å². The zero-order valence-corrected chi connectivity index (χ0v) is 16.5. The highest BCUT2D eigenvalue weighted by Crippen LogP contribution is 2.23. The summed E-state index contributed by atoms with van der Waals surface area (Å²) in [6.07, 6.45) is 4.32. The van der Waals surface area contributed by atoms with Crippen molar-refractivity contribution >= 4 is 17.5 Å². The molecule has 0 spiro atoms. The first kappa shape index (κ1) is 20.0. The van der Waals surface area contributed by atoms with Crippen LogP contribution in [0.5, 0.6) is 0 Å². The molecular formula is C21H27FN4O2. The Bertz CT molecular complexity index is 856. The second-order valence-electron chi connectivity index (χ2n) is 7.07. The summed E-state index contributed by atoms with van der Waals surface area (Å²) in [6.45, 7) is 6.03. The molecule has 2 heterocycles. The number of anilines is 1. The molecule has 0 saturated carbocycles. The fourth-order valence-corrected chi connectivity index (χ4v) is 3.63. The van der Waals surface area contributed by atoms with E-state index < -0.39 is 11.7 Å². The number of nitrogens with one attached hydrogen (secondary N) is 1. The molecule has 1 aromatic carbocycles. The number of carbonyl (C=O) groups is 2. The first-order valence-electron chi connectivity index (χ1n) is 10.0. The van der Waals surface area contributed by atoms with E-state index in [2.05, 4.69) is 10.3 Å². The Morgan fingerprint density at radius 2 is 1.89 bits per heavy atom. The molecule has 0 fully saturated rings. The summed E-state index contributed by atoms with van der Waals surface area (Å²) in [5, 5.41) is 2.59. The van der Waals surface area contributed by atoms with Crippen molar-refractivity contribution in [3.8, 4) is 0 Å². The third-order valence-corrected chi connectivity index (χ3v) is 4.92. The smallest absolute Gasteiger partial charge is 0.291 e. The number of imidazole rings is 1. The van der Waals surface area contributed by atoms with Gasteiger partial charge < -0.3 is 14.8 Å². The summed E-state index contributed by atoms with van der Waals surface area (Å²) < 4.78 is 15.7. The van der Waals surface area contributed by atoms with Gasteiger partial charge in [0.25, 0.3) is 11.8 Å². The highest BCUT2D eigenvalue weighted by atomic mass is 19.1. The summed E-state index contributed by atoms with van der Waals surface area (Å²) in [5.74, 6) is -0.951. The van der Waals surface area contributed by atoms with Crippen molar-refractivity contribution in [3.05, 3.63) is 47.3 Å². The van der Waals surface area contributed by atoms with Crippen LogP contribution in [-0.2, 0) is 13.0 Å². The maximum atomic E-state index is 13.9. The van der Waals surface area contributed by atoms with Crippen molar-refractivity contribution < 1.29 is 14.0 Å². The molecule has 6 nitrogen and oxygen atoms in total. The summed E-state index contributed by atoms with van der Waals surface area (Å²) in [5.41, 5.74) is 1.28. The van der Waals surface area contributed by atoms with Gasteiger partial charge >= 0.3 is 0 Å². The second kappa shape index (κ2) is 8.99. The van der Waals surface area contributed by atoms with Crippen LogP contribution in [0.15, 0.2) is 24.3 Å². The molecule has 0 aliphatic carbocycles. The van der Waals surface area contributed by atoms with Crippen LogP contribution in [-0.4, -0.2) is 39.4 Å². The minimum Gasteiger partial charge on any atom is -0.337 e. The molecule has 2 amide bonds. The molecule has 0 unspecified atom stereocenters. The van der Waals surface area contributed by atoms with Gasteiger partial charge in [-0.15, -0.1) is 0 Å². The molecule has 0 bridgehead atoms. The molecule has 2 aromatic rings. The number of benzene rings is 1. The first-order valence-corrected chi connectivity index (χ1v) is 10.0. The van der Waals surface area contributed by atoms with Gasteiger partial charge in [0.15, 0.2) is 5.82 Å². The van der Waals surface area contributed by atoms with Crippen LogP contribution in [0.25, 0.3) is 0 Å². The molecule has 0 radical (unpaired) electrons. The third kappa shape index (κ3) is 4.08. The molecular weight excluding hydrogens is 359 g/mol. The summed E-state index contributed by atoms with van der Waals surface area (Å²) in [7, 11) is 0. The number of fused-ring (bicyclic) bond motifs is 1. The van der Waals surface area contributed by atoms with E-state index in [1.807, 2.05) is 18.4 Å². The normalized spacial score (nSPS) is 13.1. The number of hydrogen-bond acceptors (Lipinski definition) is 3. The Hall–Kier alpha value is -2.70. The predicted molar refractivity (Wildman–Crippen MR) is 106 cm³/mol. The van der Waals surface area contributed by atoms with Gasteiger partial charge in [0.2, 0.25) is 0 Å². The SMILES string of the molecule is CCCN(CCC)C(=O)c1nc(C(=O)Nc2ccccc2F)n2c1CCCC2. The van der Waals surface area contributed by atoms with Gasteiger partial charge in [-0.3, -0.25) is 9.59 Å². The maximum Gasteiger partial charge on any atom is 0.291 e. The number of carbonyl (C=O) groups excluding carboxylic acids is 2. The van der Waals surface area contributed by atoms with Crippen LogP contribution in [0, 0.1) is 5.82 Å². The van der Waals surface area contributed by atoms with Crippen LogP contribution in [0.1, 0.15) is 66.3 Å². The average Bonchev–Trinajstić information content (AvgIpc) is 3.09. The number of para-hydroxylation sites is 1. The lowest BCUT2D eigenvalue weighted by atomic mass is 10.1. The lowest BCUT2D eigenvalue weighted by Gasteiger charge is -2.22. The van der Waals surface area contributed by atoms with Crippen LogP contribution < -0.4 is 5.32 Å². The summed E-state index contributed by atoms with van der Waals surface area (Å²) in [6, 6.07) is 6.01. The van der Waals surface area contributed by atoms with Crippen LogP contribution >= 0.6 is 0 Å². The lowest BCUT2D eigenvalue weighted by molar-refractivity contribution is 0.0748. The molecule has 28 heavy (non-hydrogen) atoms. The topological polar surface area (TPSA) is 67.2 Å². The Morgan fingerprint density at radius 1 is 1.18 bits per heavy atom. The monoisotopic (exact) mass is 386 g/mol. The third-order valence-electron chi connectivity index (χ3n) is 4.92. The van der Waals surface area contributed by atoms with Crippen LogP contribution in [0.3, 0.4) is 0 Å². The predicted octanol–water partition coefficient (Wildman–Crippen LogP) is 3.87. The average molecular weight is 386 g/mol. The van der Waals surface area contributed by atoms with Gasteiger partial charge in [-0.05, 0) is 44.2 Å². The van der Waals surface area contributed by atoms with E-state index in [1.165, 1.54) is 12.1 Å². The minimum atomic E-state index is -0.505. The van der Waals surface area contributed by atoms with E-state index in [1.54, 1.807) is 17.0 Å². The number of hydrogen-bond donors (Lipinski definition) is 1. The second-order valence-corrected chi connectivity index (χ2v) is 7.07. The highest BCUT2D eigenvalue weighted by Gasteiger charge is 2.29. The minimum absolute atomic E-state index is 0.104. The van der Waals surface area contributed by atoms with E-state index in [-0.39, 0.29) is 17.4 Å². The zero-order chi connectivity index (χ0) is 20.1.